The fraction of sp³-hybridized carbons (Fsp3) is 0.571. The van der Waals surface area contributed by atoms with Crippen LogP contribution in [-0.2, 0) is 0 Å². The number of nitrogens with two attached hydrogens (primary N) is 1. The number of hydrogen-bond donors (Lipinski definition) is 2. The number of rotatable bonds is 3. The molecular formula is C14H20N2O2. The predicted molar refractivity (Wildman–Crippen MR) is 69.9 cm³/mol. The fourth-order valence-electron chi connectivity index (χ4n) is 2.85. The molecule has 0 bridgehead atoms. The highest BCUT2D eigenvalue weighted by molar-refractivity contribution is 5.49. The van der Waals surface area contributed by atoms with E-state index in [0.717, 1.165) is 24.5 Å². The largest absolute Gasteiger partial charge is 0.454 e. The SMILES string of the molecule is Cc1cc2c(cc1C(N)CC1CCCN1)OCO2. The van der Waals surface area contributed by atoms with Crippen LogP contribution in [0.5, 0.6) is 11.5 Å². The Morgan fingerprint density at radius 1 is 1.39 bits per heavy atom. The van der Waals surface area contributed by atoms with Crippen molar-refractivity contribution in [2.45, 2.75) is 38.3 Å². The second-order valence-electron chi connectivity index (χ2n) is 5.20. The van der Waals surface area contributed by atoms with Gasteiger partial charge in [-0.1, -0.05) is 0 Å². The van der Waals surface area contributed by atoms with Crippen LogP contribution >= 0.6 is 0 Å². The molecule has 2 heterocycles. The van der Waals surface area contributed by atoms with Crippen molar-refractivity contribution in [1.82, 2.24) is 5.32 Å². The van der Waals surface area contributed by atoms with Gasteiger partial charge < -0.3 is 20.5 Å². The number of benzene rings is 1. The Kier molecular flexibility index (Phi) is 3.14. The Morgan fingerprint density at radius 2 is 2.17 bits per heavy atom. The molecule has 0 radical (unpaired) electrons. The lowest BCUT2D eigenvalue weighted by Gasteiger charge is -2.19. The van der Waals surface area contributed by atoms with Crippen LogP contribution in [0, 0.1) is 6.92 Å². The molecule has 1 saturated heterocycles. The molecule has 0 aliphatic carbocycles. The molecule has 0 saturated carbocycles. The van der Waals surface area contributed by atoms with E-state index in [-0.39, 0.29) is 6.04 Å². The van der Waals surface area contributed by atoms with E-state index < -0.39 is 0 Å². The highest BCUT2D eigenvalue weighted by atomic mass is 16.7. The van der Waals surface area contributed by atoms with Crippen molar-refractivity contribution < 1.29 is 9.47 Å². The Labute approximate surface area is 107 Å². The van der Waals surface area contributed by atoms with E-state index in [0.29, 0.717) is 12.8 Å². The summed E-state index contributed by atoms with van der Waals surface area (Å²) < 4.78 is 10.8. The third kappa shape index (κ3) is 2.18. The summed E-state index contributed by atoms with van der Waals surface area (Å²) in [6.45, 7) is 3.52. The van der Waals surface area contributed by atoms with Gasteiger partial charge in [0.05, 0.1) is 0 Å². The van der Waals surface area contributed by atoms with Crippen LogP contribution < -0.4 is 20.5 Å². The second kappa shape index (κ2) is 4.78. The number of aryl methyl sites for hydroxylation is 1. The molecule has 2 atom stereocenters. The third-order valence-corrected chi connectivity index (χ3v) is 3.86. The zero-order valence-electron chi connectivity index (χ0n) is 10.7. The van der Waals surface area contributed by atoms with Gasteiger partial charge in [-0.25, -0.2) is 0 Å². The Morgan fingerprint density at radius 3 is 2.89 bits per heavy atom. The molecule has 4 heteroatoms. The van der Waals surface area contributed by atoms with Crippen molar-refractivity contribution >= 4 is 0 Å². The van der Waals surface area contributed by atoms with Crippen molar-refractivity contribution in [3.63, 3.8) is 0 Å². The second-order valence-corrected chi connectivity index (χ2v) is 5.20. The summed E-state index contributed by atoms with van der Waals surface area (Å²) in [5.41, 5.74) is 8.69. The minimum atomic E-state index is 0.0649. The number of hydrogen-bond acceptors (Lipinski definition) is 4. The van der Waals surface area contributed by atoms with E-state index in [2.05, 4.69) is 12.2 Å². The molecular weight excluding hydrogens is 228 g/mol. The minimum Gasteiger partial charge on any atom is -0.454 e. The maximum Gasteiger partial charge on any atom is 0.231 e. The maximum absolute atomic E-state index is 6.33. The highest BCUT2D eigenvalue weighted by Gasteiger charge is 2.22. The monoisotopic (exact) mass is 248 g/mol. The van der Waals surface area contributed by atoms with Gasteiger partial charge in [0, 0.05) is 12.1 Å². The molecule has 1 aromatic carbocycles. The van der Waals surface area contributed by atoms with E-state index in [1.165, 1.54) is 24.0 Å². The lowest BCUT2D eigenvalue weighted by atomic mass is 9.95. The lowest BCUT2D eigenvalue weighted by molar-refractivity contribution is 0.174. The van der Waals surface area contributed by atoms with Gasteiger partial charge in [0.15, 0.2) is 11.5 Å². The van der Waals surface area contributed by atoms with Gasteiger partial charge >= 0.3 is 0 Å². The zero-order valence-corrected chi connectivity index (χ0v) is 10.7. The van der Waals surface area contributed by atoms with E-state index in [1.807, 2.05) is 12.1 Å². The molecule has 98 valence electrons. The Bertz CT molecular complexity index is 442. The standard InChI is InChI=1S/C14H20N2O2/c1-9-5-13-14(18-8-17-13)7-11(9)12(15)6-10-3-2-4-16-10/h5,7,10,12,16H,2-4,6,8,15H2,1H3. The van der Waals surface area contributed by atoms with Gasteiger partial charge in [-0.3, -0.25) is 0 Å². The molecule has 1 aromatic rings. The van der Waals surface area contributed by atoms with Crippen LogP contribution in [0.25, 0.3) is 0 Å². The van der Waals surface area contributed by atoms with Gasteiger partial charge in [0.25, 0.3) is 0 Å². The third-order valence-electron chi connectivity index (χ3n) is 3.86. The first-order valence-corrected chi connectivity index (χ1v) is 6.63. The lowest BCUT2D eigenvalue weighted by Crippen LogP contribution is -2.27. The Balaban J connectivity index is 1.78. The van der Waals surface area contributed by atoms with Crippen LogP contribution in [0.15, 0.2) is 12.1 Å². The quantitative estimate of drug-likeness (QED) is 0.857. The molecule has 3 rings (SSSR count). The van der Waals surface area contributed by atoms with Crippen LogP contribution in [0.1, 0.15) is 36.4 Å². The van der Waals surface area contributed by atoms with Gasteiger partial charge in [-0.2, -0.15) is 0 Å². The first kappa shape index (κ1) is 11.8. The van der Waals surface area contributed by atoms with Gasteiger partial charge in [0.2, 0.25) is 6.79 Å². The molecule has 0 spiro atoms. The molecule has 4 nitrogen and oxygen atoms in total. The average molecular weight is 248 g/mol. The molecule has 1 fully saturated rings. The smallest absolute Gasteiger partial charge is 0.231 e. The topological polar surface area (TPSA) is 56.5 Å². The molecule has 0 amide bonds. The molecule has 3 N–H and O–H groups in total. The zero-order chi connectivity index (χ0) is 12.5. The maximum atomic E-state index is 6.33. The van der Waals surface area contributed by atoms with Crippen molar-refractivity contribution in [2.24, 2.45) is 5.73 Å². The average Bonchev–Trinajstić information content (AvgIpc) is 2.98. The van der Waals surface area contributed by atoms with Gasteiger partial charge in [-0.15, -0.1) is 0 Å². The summed E-state index contributed by atoms with van der Waals surface area (Å²) in [6.07, 6.45) is 3.48. The first-order valence-electron chi connectivity index (χ1n) is 6.63. The van der Waals surface area contributed by atoms with Crippen molar-refractivity contribution in [1.29, 1.82) is 0 Å². The summed E-state index contributed by atoms with van der Waals surface area (Å²) in [5.74, 6) is 1.66. The minimum absolute atomic E-state index is 0.0649. The number of nitrogens with one attached hydrogen (secondary N) is 1. The van der Waals surface area contributed by atoms with Crippen molar-refractivity contribution in [3.05, 3.63) is 23.3 Å². The van der Waals surface area contributed by atoms with Crippen LogP contribution in [-0.4, -0.2) is 19.4 Å². The Hall–Kier alpha value is -1.26. The van der Waals surface area contributed by atoms with Crippen molar-refractivity contribution in [3.8, 4) is 11.5 Å². The van der Waals surface area contributed by atoms with Gasteiger partial charge in [-0.05, 0) is 56.0 Å². The summed E-state index contributed by atoms with van der Waals surface area (Å²) in [6, 6.07) is 4.69. The van der Waals surface area contributed by atoms with E-state index in [4.69, 9.17) is 15.2 Å². The number of ether oxygens (including phenoxy) is 2. The van der Waals surface area contributed by atoms with E-state index >= 15 is 0 Å². The number of fused-ring (bicyclic) bond motifs is 1. The summed E-state index contributed by atoms with van der Waals surface area (Å²) in [4.78, 5) is 0. The molecule has 2 unspecified atom stereocenters. The molecule has 2 aliphatic rings. The van der Waals surface area contributed by atoms with Crippen LogP contribution in [0.3, 0.4) is 0 Å². The van der Waals surface area contributed by atoms with Gasteiger partial charge in [0.1, 0.15) is 0 Å². The van der Waals surface area contributed by atoms with Crippen LogP contribution in [0.2, 0.25) is 0 Å². The summed E-state index contributed by atoms with van der Waals surface area (Å²) >= 11 is 0. The molecule has 18 heavy (non-hydrogen) atoms. The summed E-state index contributed by atoms with van der Waals surface area (Å²) in [5, 5.41) is 3.49. The predicted octanol–water partition coefficient (Wildman–Crippen LogP) is 1.87. The van der Waals surface area contributed by atoms with E-state index in [1.54, 1.807) is 0 Å². The van der Waals surface area contributed by atoms with Crippen molar-refractivity contribution in [2.75, 3.05) is 13.3 Å². The fourth-order valence-corrected chi connectivity index (χ4v) is 2.85. The molecule has 2 aliphatic heterocycles. The van der Waals surface area contributed by atoms with Crippen LogP contribution in [0.4, 0.5) is 0 Å². The first-order chi connectivity index (χ1) is 8.74. The molecule has 0 aromatic heterocycles. The summed E-state index contributed by atoms with van der Waals surface area (Å²) in [7, 11) is 0. The highest BCUT2D eigenvalue weighted by Crippen LogP contribution is 2.37. The van der Waals surface area contributed by atoms with E-state index in [9.17, 15) is 0 Å². The normalized spacial score (nSPS) is 23.3.